The summed E-state index contributed by atoms with van der Waals surface area (Å²) in [5.74, 6) is 0. The smallest absolute Gasteiger partial charge is 0.106 e. The highest BCUT2D eigenvalue weighted by molar-refractivity contribution is 5.64. The maximum atomic E-state index is 5.85. The lowest BCUT2D eigenvalue weighted by Crippen LogP contribution is -2.08. The van der Waals surface area contributed by atoms with Gasteiger partial charge in [-0.05, 0) is 29.2 Å². The highest BCUT2D eigenvalue weighted by Crippen LogP contribution is 2.26. The Bertz CT molecular complexity index is 514. The summed E-state index contributed by atoms with van der Waals surface area (Å²) in [6, 6.07) is 19.0. The Balaban J connectivity index is 1.87. The zero-order valence-electron chi connectivity index (χ0n) is 10.9. The molecule has 2 aromatic carbocycles. The topological polar surface area (TPSA) is 18.5 Å². The van der Waals surface area contributed by atoms with Crippen molar-refractivity contribution in [3.63, 3.8) is 0 Å². The zero-order chi connectivity index (χ0) is 12.9. The molecule has 1 fully saturated rings. The monoisotopic (exact) mass is 254 g/mol. The molecule has 2 nitrogen and oxygen atoms in total. The Morgan fingerprint density at radius 1 is 0.842 bits per heavy atom. The number of rotatable bonds is 2. The van der Waals surface area contributed by atoms with Crippen molar-refractivity contribution in [2.24, 2.45) is 0 Å². The Morgan fingerprint density at radius 3 is 2.58 bits per heavy atom. The molecule has 0 amide bonds. The summed E-state index contributed by atoms with van der Waals surface area (Å²) in [6.45, 7) is 2.23. The minimum absolute atomic E-state index is 0.0613. The van der Waals surface area contributed by atoms with Gasteiger partial charge in [-0.3, -0.25) is 0 Å². The molecule has 0 aliphatic carbocycles. The van der Waals surface area contributed by atoms with Crippen LogP contribution >= 0.6 is 0 Å². The van der Waals surface area contributed by atoms with Crippen LogP contribution in [0.3, 0.4) is 0 Å². The number of benzene rings is 2. The SMILES string of the molecule is c1ccc(-c2cccc(C3COCCCO3)c2)cc1. The lowest BCUT2D eigenvalue weighted by atomic mass is 10.0. The average Bonchev–Trinajstić information content (AvgIpc) is 2.77. The molecule has 0 spiro atoms. The van der Waals surface area contributed by atoms with Crippen molar-refractivity contribution in [1.82, 2.24) is 0 Å². The van der Waals surface area contributed by atoms with E-state index in [2.05, 4.69) is 48.5 Å². The van der Waals surface area contributed by atoms with E-state index in [4.69, 9.17) is 9.47 Å². The van der Waals surface area contributed by atoms with E-state index in [9.17, 15) is 0 Å². The van der Waals surface area contributed by atoms with Crippen LogP contribution in [0.1, 0.15) is 18.1 Å². The normalized spacial score (nSPS) is 19.9. The molecule has 1 unspecified atom stereocenters. The van der Waals surface area contributed by atoms with E-state index in [1.165, 1.54) is 16.7 Å². The van der Waals surface area contributed by atoms with Crippen LogP contribution in [0.2, 0.25) is 0 Å². The molecular weight excluding hydrogens is 236 g/mol. The molecule has 1 heterocycles. The minimum Gasteiger partial charge on any atom is -0.378 e. The second-order valence-corrected chi connectivity index (χ2v) is 4.78. The van der Waals surface area contributed by atoms with Crippen molar-refractivity contribution in [2.45, 2.75) is 12.5 Å². The molecule has 0 N–H and O–H groups in total. The molecule has 0 aromatic heterocycles. The highest BCUT2D eigenvalue weighted by Gasteiger charge is 2.15. The van der Waals surface area contributed by atoms with Crippen LogP contribution in [0.4, 0.5) is 0 Å². The van der Waals surface area contributed by atoms with Gasteiger partial charge >= 0.3 is 0 Å². The Hall–Kier alpha value is -1.64. The molecule has 0 radical (unpaired) electrons. The summed E-state index contributed by atoms with van der Waals surface area (Å²) in [7, 11) is 0. The molecule has 3 rings (SSSR count). The van der Waals surface area contributed by atoms with E-state index in [1.54, 1.807) is 0 Å². The highest BCUT2D eigenvalue weighted by atomic mass is 16.5. The Labute approximate surface area is 114 Å². The molecule has 98 valence electrons. The fraction of sp³-hybridized carbons (Fsp3) is 0.294. The third kappa shape index (κ3) is 3.03. The first-order valence-electron chi connectivity index (χ1n) is 6.78. The Kier molecular flexibility index (Phi) is 3.92. The predicted molar refractivity (Wildman–Crippen MR) is 76.0 cm³/mol. The van der Waals surface area contributed by atoms with Crippen LogP contribution in [-0.4, -0.2) is 19.8 Å². The molecule has 1 saturated heterocycles. The van der Waals surface area contributed by atoms with Gasteiger partial charge in [-0.15, -0.1) is 0 Å². The maximum Gasteiger partial charge on any atom is 0.106 e. The van der Waals surface area contributed by atoms with Crippen LogP contribution in [0, 0.1) is 0 Å². The van der Waals surface area contributed by atoms with Crippen molar-refractivity contribution < 1.29 is 9.47 Å². The third-order valence-corrected chi connectivity index (χ3v) is 3.39. The minimum atomic E-state index is 0.0613. The quantitative estimate of drug-likeness (QED) is 0.811. The van der Waals surface area contributed by atoms with Crippen LogP contribution in [-0.2, 0) is 9.47 Å². The molecular formula is C17H18O2. The van der Waals surface area contributed by atoms with Crippen LogP contribution in [0.25, 0.3) is 11.1 Å². The lowest BCUT2D eigenvalue weighted by molar-refractivity contribution is 0.0253. The lowest BCUT2D eigenvalue weighted by Gasteiger charge is -2.15. The van der Waals surface area contributed by atoms with E-state index in [-0.39, 0.29) is 6.10 Å². The van der Waals surface area contributed by atoms with E-state index in [0.717, 1.165) is 19.6 Å². The predicted octanol–water partition coefficient (Wildman–Crippen LogP) is 3.83. The Morgan fingerprint density at radius 2 is 1.68 bits per heavy atom. The number of hydrogen-bond donors (Lipinski definition) is 0. The molecule has 0 saturated carbocycles. The van der Waals surface area contributed by atoms with E-state index >= 15 is 0 Å². The number of hydrogen-bond acceptors (Lipinski definition) is 2. The van der Waals surface area contributed by atoms with Crippen molar-refractivity contribution in [3.8, 4) is 11.1 Å². The standard InChI is InChI=1S/C17H18O2/c1-2-6-14(7-3-1)15-8-4-9-16(12-15)17-13-18-10-5-11-19-17/h1-4,6-9,12,17H,5,10-11,13H2. The second-order valence-electron chi connectivity index (χ2n) is 4.78. The van der Waals surface area contributed by atoms with Crippen molar-refractivity contribution in [2.75, 3.05) is 19.8 Å². The van der Waals surface area contributed by atoms with E-state index in [1.807, 2.05) is 6.07 Å². The van der Waals surface area contributed by atoms with Gasteiger partial charge in [-0.2, -0.15) is 0 Å². The van der Waals surface area contributed by atoms with Gasteiger partial charge in [0.05, 0.1) is 6.61 Å². The first-order valence-corrected chi connectivity index (χ1v) is 6.78. The second kappa shape index (κ2) is 6.00. The maximum absolute atomic E-state index is 5.85. The fourth-order valence-corrected chi connectivity index (χ4v) is 2.37. The average molecular weight is 254 g/mol. The van der Waals surface area contributed by atoms with Gasteiger partial charge in [0.1, 0.15) is 6.10 Å². The molecule has 0 bridgehead atoms. The van der Waals surface area contributed by atoms with Gasteiger partial charge in [-0.25, -0.2) is 0 Å². The van der Waals surface area contributed by atoms with E-state index in [0.29, 0.717) is 6.61 Å². The summed E-state index contributed by atoms with van der Waals surface area (Å²) >= 11 is 0. The van der Waals surface area contributed by atoms with Gasteiger partial charge in [0.15, 0.2) is 0 Å². The van der Waals surface area contributed by atoms with Crippen LogP contribution in [0.15, 0.2) is 54.6 Å². The van der Waals surface area contributed by atoms with Crippen molar-refractivity contribution >= 4 is 0 Å². The van der Waals surface area contributed by atoms with Crippen LogP contribution in [0.5, 0.6) is 0 Å². The van der Waals surface area contributed by atoms with Crippen molar-refractivity contribution in [3.05, 3.63) is 60.2 Å². The molecule has 1 aliphatic heterocycles. The molecule has 1 aliphatic rings. The van der Waals surface area contributed by atoms with Gasteiger partial charge in [0, 0.05) is 13.2 Å². The van der Waals surface area contributed by atoms with Gasteiger partial charge in [0.2, 0.25) is 0 Å². The first kappa shape index (κ1) is 12.4. The summed E-state index contributed by atoms with van der Waals surface area (Å²) in [5.41, 5.74) is 3.66. The van der Waals surface area contributed by atoms with Gasteiger partial charge in [0.25, 0.3) is 0 Å². The van der Waals surface area contributed by atoms with Gasteiger partial charge in [-0.1, -0.05) is 48.5 Å². The largest absolute Gasteiger partial charge is 0.378 e. The summed E-state index contributed by atoms with van der Waals surface area (Å²) in [5, 5.41) is 0. The summed E-state index contributed by atoms with van der Waals surface area (Å²) in [6.07, 6.45) is 1.04. The summed E-state index contributed by atoms with van der Waals surface area (Å²) in [4.78, 5) is 0. The van der Waals surface area contributed by atoms with Crippen LogP contribution < -0.4 is 0 Å². The van der Waals surface area contributed by atoms with Crippen molar-refractivity contribution in [1.29, 1.82) is 0 Å². The number of ether oxygens (including phenoxy) is 2. The summed E-state index contributed by atoms with van der Waals surface area (Å²) < 4.78 is 11.4. The zero-order valence-corrected chi connectivity index (χ0v) is 10.9. The third-order valence-electron chi connectivity index (χ3n) is 3.39. The van der Waals surface area contributed by atoms with Gasteiger partial charge < -0.3 is 9.47 Å². The molecule has 1 atom stereocenters. The fourth-order valence-electron chi connectivity index (χ4n) is 2.37. The molecule has 2 aromatic rings. The van der Waals surface area contributed by atoms with E-state index < -0.39 is 0 Å². The molecule has 19 heavy (non-hydrogen) atoms. The molecule has 2 heteroatoms. The first-order chi connectivity index (χ1) is 9.43.